The molecule has 41 heavy (non-hydrogen) atoms. The second kappa shape index (κ2) is 11.3. The molecule has 1 aliphatic rings. The van der Waals surface area contributed by atoms with E-state index in [9.17, 15) is 24.7 Å². The molecule has 1 aliphatic heterocycles. The van der Waals surface area contributed by atoms with E-state index in [2.05, 4.69) is 20.9 Å². The van der Waals surface area contributed by atoms with Crippen LogP contribution in [-0.2, 0) is 13.2 Å². The van der Waals surface area contributed by atoms with Crippen LogP contribution in [0, 0.1) is 10.7 Å². The monoisotopic (exact) mass is 601 g/mol. The third-order valence-corrected chi connectivity index (χ3v) is 7.56. The summed E-state index contributed by atoms with van der Waals surface area (Å²) in [5, 5.41) is 23.8. The maximum absolute atomic E-state index is 15.3. The number of pyridine rings is 1. The fraction of sp³-hybridized carbons (Fsp3) is 0.269. The number of hydrogen-bond donors (Lipinski definition) is 4. The van der Waals surface area contributed by atoms with Crippen molar-refractivity contribution in [3.8, 4) is 5.88 Å². The number of nitroso groups, excluding NO2 is 1. The van der Waals surface area contributed by atoms with E-state index in [0.29, 0.717) is 66.5 Å². The van der Waals surface area contributed by atoms with Crippen LogP contribution < -0.4 is 21.2 Å². The highest BCUT2D eigenvalue weighted by Gasteiger charge is 2.25. The largest absolute Gasteiger partial charge is 0.493 e. The lowest BCUT2D eigenvalue weighted by atomic mass is 10.1. The molecule has 0 atom stereocenters. The second-order valence-electron chi connectivity index (χ2n) is 9.46. The summed E-state index contributed by atoms with van der Waals surface area (Å²) < 4.78 is 18.6. The number of anilines is 2. The predicted molar refractivity (Wildman–Crippen MR) is 158 cm³/mol. The molecule has 4 N–H and O–H groups in total. The molecule has 0 saturated carbocycles. The number of hydrazine groups is 1. The summed E-state index contributed by atoms with van der Waals surface area (Å²) in [5.74, 6) is -2.07. The van der Waals surface area contributed by atoms with Crippen molar-refractivity contribution in [1.29, 1.82) is 0 Å². The number of carboxylic acid groups (broad SMARTS) is 1. The Balaban J connectivity index is 1.38. The number of rotatable bonds is 7. The van der Waals surface area contributed by atoms with Gasteiger partial charge in [-0.15, -0.1) is 4.91 Å². The van der Waals surface area contributed by atoms with Crippen molar-refractivity contribution in [1.82, 2.24) is 19.5 Å². The maximum atomic E-state index is 15.3. The summed E-state index contributed by atoms with van der Waals surface area (Å²) >= 11 is 10.9. The van der Waals surface area contributed by atoms with Gasteiger partial charge >= 0.3 is 5.97 Å². The summed E-state index contributed by atoms with van der Waals surface area (Å²) in [7, 11) is 0. The van der Waals surface area contributed by atoms with Crippen molar-refractivity contribution in [2.75, 3.05) is 36.5 Å². The highest BCUT2D eigenvalue weighted by Crippen LogP contribution is 2.37. The molecule has 0 radical (unpaired) electrons. The van der Waals surface area contributed by atoms with E-state index in [0.717, 1.165) is 6.07 Å². The zero-order chi connectivity index (χ0) is 29.4. The Bertz CT molecular complexity index is 1770. The number of nitrogens with zero attached hydrogens (tertiary/aromatic N) is 5. The number of benzene rings is 2. The SMILES string of the molecule is CCn1cc(C(=O)O)c(=O)c2cc(F)c(N3CCN(Cn4c(O)c(NNC(=S)N=O)c5cc(Cl)ccc54)CC3)cc21. The Hall–Kier alpha value is -4.27. The topological polar surface area (TPSA) is 144 Å². The Kier molecular flexibility index (Phi) is 7.80. The summed E-state index contributed by atoms with van der Waals surface area (Å²) in [6.07, 6.45) is 1.29. The van der Waals surface area contributed by atoms with Crippen LogP contribution in [0.15, 0.2) is 46.5 Å². The minimum absolute atomic E-state index is 0.0188. The van der Waals surface area contributed by atoms with Crippen molar-refractivity contribution in [2.24, 2.45) is 5.18 Å². The lowest BCUT2D eigenvalue weighted by Crippen LogP contribution is -2.47. The fourth-order valence-electron chi connectivity index (χ4n) is 5.10. The average Bonchev–Trinajstić information content (AvgIpc) is 3.21. The number of aromatic hydroxyl groups is 1. The summed E-state index contributed by atoms with van der Waals surface area (Å²) in [6.45, 7) is 4.51. The molecule has 0 bridgehead atoms. The molecule has 0 spiro atoms. The van der Waals surface area contributed by atoms with E-state index in [1.165, 1.54) is 6.20 Å². The molecule has 5 rings (SSSR count). The van der Waals surface area contributed by atoms with Crippen LogP contribution >= 0.6 is 23.8 Å². The van der Waals surface area contributed by atoms with Gasteiger partial charge in [-0.05, 0) is 49.5 Å². The Morgan fingerprint density at radius 1 is 1.15 bits per heavy atom. The zero-order valence-electron chi connectivity index (χ0n) is 21.7. The highest BCUT2D eigenvalue weighted by molar-refractivity contribution is 7.80. The first kappa shape index (κ1) is 28.3. The molecular formula is C26H25ClFN7O5S. The molecular weight excluding hydrogens is 577 g/mol. The van der Waals surface area contributed by atoms with Gasteiger partial charge in [0, 0.05) is 59.9 Å². The van der Waals surface area contributed by atoms with Crippen LogP contribution in [0.4, 0.5) is 15.8 Å². The van der Waals surface area contributed by atoms with Gasteiger partial charge in [-0.25, -0.2) is 9.18 Å². The number of carbonyl (C=O) groups is 1. The minimum atomic E-state index is -1.36. The van der Waals surface area contributed by atoms with Crippen molar-refractivity contribution in [2.45, 2.75) is 20.1 Å². The zero-order valence-corrected chi connectivity index (χ0v) is 23.3. The first-order valence-corrected chi connectivity index (χ1v) is 13.4. The Labute approximate surface area is 242 Å². The first-order valence-electron chi connectivity index (χ1n) is 12.6. The van der Waals surface area contributed by atoms with Crippen LogP contribution in [0.5, 0.6) is 5.88 Å². The number of piperazine rings is 1. The van der Waals surface area contributed by atoms with Crippen molar-refractivity contribution >= 4 is 68.1 Å². The van der Waals surface area contributed by atoms with E-state index in [1.807, 2.05) is 11.8 Å². The highest BCUT2D eigenvalue weighted by atomic mass is 35.5. The Morgan fingerprint density at radius 3 is 2.54 bits per heavy atom. The summed E-state index contributed by atoms with van der Waals surface area (Å²) in [5.41, 5.74) is 5.80. The molecule has 12 nitrogen and oxygen atoms in total. The van der Waals surface area contributed by atoms with Gasteiger partial charge in [0.25, 0.3) is 5.11 Å². The molecule has 1 saturated heterocycles. The maximum Gasteiger partial charge on any atom is 0.341 e. The number of aryl methyl sites for hydroxylation is 1. The number of aromatic carboxylic acids is 1. The second-order valence-corrected chi connectivity index (χ2v) is 10.3. The van der Waals surface area contributed by atoms with E-state index < -0.39 is 22.8 Å². The lowest BCUT2D eigenvalue weighted by Gasteiger charge is -2.36. The molecule has 4 aromatic rings. The minimum Gasteiger partial charge on any atom is -0.493 e. The number of carboxylic acids is 1. The van der Waals surface area contributed by atoms with Gasteiger partial charge < -0.3 is 19.7 Å². The number of halogens is 2. The Morgan fingerprint density at radius 2 is 1.88 bits per heavy atom. The van der Waals surface area contributed by atoms with Crippen molar-refractivity contribution in [3.63, 3.8) is 0 Å². The van der Waals surface area contributed by atoms with Crippen molar-refractivity contribution < 1.29 is 19.4 Å². The number of nitrogens with one attached hydrogen (secondary N) is 2. The van der Waals surface area contributed by atoms with E-state index in [4.69, 9.17) is 23.8 Å². The quantitative estimate of drug-likeness (QED) is 0.140. The fourth-order valence-corrected chi connectivity index (χ4v) is 5.33. The van der Waals surface area contributed by atoms with E-state index >= 15 is 4.39 Å². The van der Waals surface area contributed by atoms with Crippen LogP contribution in [0.1, 0.15) is 17.3 Å². The molecule has 0 unspecified atom stereocenters. The first-order chi connectivity index (χ1) is 19.6. The van der Waals surface area contributed by atoms with Gasteiger partial charge in [0.1, 0.15) is 17.1 Å². The number of fused-ring (bicyclic) bond motifs is 2. The molecule has 1 fully saturated rings. The summed E-state index contributed by atoms with van der Waals surface area (Å²) in [4.78, 5) is 38.8. The molecule has 3 heterocycles. The van der Waals surface area contributed by atoms with Crippen molar-refractivity contribution in [3.05, 3.63) is 68.1 Å². The summed E-state index contributed by atoms with van der Waals surface area (Å²) in [6, 6.07) is 7.84. The average molecular weight is 602 g/mol. The molecule has 214 valence electrons. The van der Waals surface area contributed by atoms with Gasteiger partial charge in [-0.1, -0.05) is 11.6 Å². The van der Waals surface area contributed by atoms with Crippen LogP contribution in [0.25, 0.3) is 21.8 Å². The van der Waals surface area contributed by atoms with E-state index in [1.54, 1.807) is 33.4 Å². The predicted octanol–water partition coefficient (Wildman–Crippen LogP) is 3.92. The molecule has 2 aromatic carbocycles. The van der Waals surface area contributed by atoms with Crippen LogP contribution in [0.2, 0.25) is 5.02 Å². The molecule has 0 amide bonds. The normalized spacial score (nSPS) is 14.0. The molecule has 0 aliphatic carbocycles. The third-order valence-electron chi connectivity index (χ3n) is 7.15. The number of thiocarbonyl (C=S) groups is 1. The van der Waals surface area contributed by atoms with Crippen LogP contribution in [-0.4, -0.2) is 61.5 Å². The molecule has 15 heteroatoms. The smallest absolute Gasteiger partial charge is 0.341 e. The van der Waals surface area contributed by atoms with Crippen LogP contribution in [0.3, 0.4) is 0 Å². The number of aromatic nitrogens is 2. The van der Waals surface area contributed by atoms with E-state index in [-0.39, 0.29) is 22.1 Å². The lowest BCUT2D eigenvalue weighted by molar-refractivity contribution is 0.0695. The number of hydrogen-bond acceptors (Lipinski definition) is 8. The third kappa shape index (κ3) is 5.28. The molecule has 2 aromatic heterocycles. The van der Waals surface area contributed by atoms with Gasteiger partial charge in [0.2, 0.25) is 11.3 Å². The van der Waals surface area contributed by atoms with Gasteiger partial charge in [-0.3, -0.25) is 25.1 Å². The van der Waals surface area contributed by atoms with Gasteiger partial charge in [-0.2, -0.15) is 0 Å². The van der Waals surface area contributed by atoms with Gasteiger partial charge in [0.05, 0.1) is 23.4 Å². The van der Waals surface area contributed by atoms with Gasteiger partial charge in [0.15, 0.2) is 0 Å². The standard InChI is InChI=1S/C26H25ClFN7O5S/c1-2-33-12-17(25(38)39)23(36)16-10-18(28)21(11-20(16)33)34-7-5-32(6-8-34)13-35-19-4-3-14(27)9-15(19)22(24(35)37)29-30-26(41)31-40/h3-4,9-12,29,37H,2,5-8,13H2,1H3,(H,30,41)(H,38,39).